The summed E-state index contributed by atoms with van der Waals surface area (Å²) in [5.41, 5.74) is 5.87. The first-order valence-corrected chi connectivity index (χ1v) is 9.58. The molecule has 146 valence electrons. The second-order valence-electron chi connectivity index (χ2n) is 6.44. The number of carbonyl (C=O) groups excluding carboxylic acids is 1. The van der Waals surface area contributed by atoms with Gasteiger partial charge in [0, 0.05) is 25.8 Å². The zero-order chi connectivity index (χ0) is 19.3. The molecule has 1 aliphatic rings. The minimum atomic E-state index is -0.228. The molecule has 0 bridgehead atoms. The summed E-state index contributed by atoms with van der Waals surface area (Å²) >= 11 is 0. The Morgan fingerprint density at radius 3 is 2.35 bits per heavy atom. The van der Waals surface area contributed by atoms with Crippen LogP contribution in [0.4, 0.5) is 5.69 Å². The smallest absolute Gasteiger partial charge is 0.227 e. The predicted octanol–water partition coefficient (Wildman–Crippen LogP) is 3.11. The van der Waals surface area contributed by atoms with Gasteiger partial charge in [-0.15, -0.1) is 0 Å². The Hall–Kier alpha value is -1.69. The van der Waals surface area contributed by atoms with Crippen molar-refractivity contribution >= 4 is 11.6 Å². The number of rotatable bonds is 7. The minimum absolute atomic E-state index is 0.162. The average Bonchev–Trinajstić information content (AvgIpc) is 2.68. The summed E-state index contributed by atoms with van der Waals surface area (Å²) in [5, 5.41) is 3.37. The van der Waals surface area contributed by atoms with E-state index in [2.05, 4.69) is 18.3 Å². The summed E-state index contributed by atoms with van der Waals surface area (Å²) in [5.74, 6) is 0.162. The number of nitrogens with one attached hydrogen (secondary N) is 1. The number of methoxy groups -OCH3 is 1. The molecule has 1 amide bonds. The van der Waals surface area contributed by atoms with Gasteiger partial charge in [-0.25, -0.2) is 0 Å². The van der Waals surface area contributed by atoms with E-state index in [1.165, 1.54) is 0 Å². The highest BCUT2D eigenvalue weighted by Crippen LogP contribution is 2.32. The van der Waals surface area contributed by atoms with Crippen molar-refractivity contribution < 1.29 is 9.53 Å². The Morgan fingerprint density at radius 1 is 1.23 bits per heavy atom. The lowest BCUT2D eigenvalue weighted by molar-refractivity contribution is -0.120. The number of piperidine rings is 1. The molecule has 1 aromatic carbocycles. The van der Waals surface area contributed by atoms with Gasteiger partial charge in [0.25, 0.3) is 0 Å². The highest BCUT2D eigenvalue weighted by atomic mass is 16.5. The summed E-state index contributed by atoms with van der Waals surface area (Å²) in [6, 6.07) is 9.95. The van der Waals surface area contributed by atoms with Crippen LogP contribution in [0.2, 0.25) is 0 Å². The molecule has 26 heavy (non-hydrogen) atoms. The molecule has 0 unspecified atom stereocenters. The topological polar surface area (TPSA) is 67.6 Å². The summed E-state index contributed by atoms with van der Waals surface area (Å²) in [7, 11) is 1.71. The number of allylic oxidation sites excluding steroid dienone is 1. The van der Waals surface area contributed by atoms with Crippen LogP contribution in [0.3, 0.4) is 0 Å². The third-order valence-electron chi connectivity index (χ3n) is 4.53. The molecular weight excluding hydrogens is 326 g/mol. The van der Waals surface area contributed by atoms with Gasteiger partial charge in [0.05, 0.1) is 12.1 Å². The maximum absolute atomic E-state index is 12.5. The lowest BCUT2D eigenvalue weighted by Gasteiger charge is -2.46. The normalized spacial score (nSPS) is 16.0. The van der Waals surface area contributed by atoms with Crippen LogP contribution < -0.4 is 16.0 Å². The van der Waals surface area contributed by atoms with E-state index in [-0.39, 0.29) is 11.4 Å². The SMILES string of the molecule is CC/C=C\CN.CCC(=O)N(c1ccccc1)C1(COC)CCNCC1. The van der Waals surface area contributed by atoms with E-state index in [9.17, 15) is 4.79 Å². The zero-order valence-corrected chi connectivity index (χ0v) is 16.5. The molecule has 3 N–H and O–H groups in total. The second kappa shape index (κ2) is 12.6. The Kier molecular flexibility index (Phi) is 10.9. The Morgan fingerprint density at radius 2 is 1.88 bits per heavy atom. The van der Waals surface area contributed by atoms with E-state index in [1.807, 2.05) is 48.2 Å². The molecule has 5 heteroatoms. The fourth-order valence-corrected chi connectivity index (χ4v) is 3.27. The van der Waals surface area contributed by atoms with Crippen LogP contribution in [0.15, 0.2) is 42.5 Å². The molecule has 0 aromatic heterocycles. The molecule has 0 aliphatic carbocycles. The van der Waals surface area contributed by atoms with Crippen LogP contribution in [0.5, 0.6) is 0 Å². The molecule has 2 rings (SSSR count). The first kappa shape index (κ1) is 22.4. The van der Waals surface area contributed by atoms with Gasteiger partial charge in [-0.05, 0) is 44.5 Å². The fourth-order valence-electron chi connectivity index (χ4n) is 3.27. The van der Waals surface area contributed by atoms with E-state index < -0.39 is 0 Å². The van der Waals surface area contributed by atoms with Gasteiger partial charge in [0.1, 0.15) is 0 Å². The van der Waals surface area contributed by atoms with Crippen LogP contribution in [-0.4, -0.2) is 44.8 Å². The number of nitrogens with zero attached hydrogens (tertiary/aromatic N) is 1. The van der Waals surface area contributed by atoms with E-state index >= 15 is 0 Å². The second-order valence-corrected chi connectivity index (χ2v) is 6.44. The van der Waals surface area contributed by atoms with Crippen molar-refractivity contribution in [2.24, 2.45) is 5.73 Å². The Bertz CT molecular complexity index is 514. The van der Waals surface area contributed by atoms with Crippen molar-refractivity contribution in [1.82, 2.24) is 5.32 Å². The number of anilines is 1. The number of hydrogen-bond acceptors (Lipinski definition) is 4. The van der Waals surface area contributed by atoms with Crippen molar-refractivity contribution in [2.75, 3.05) is 38.3 Å². The van der Waals surface area contributed by atoms with Gasteiger partial charge in [0.2, 0.25) is 5.91 Å². The third kappa shape index (κ3) is 6.56. The number of nitrogens with two attached hydrogens (primary N) is 1. The molecule has 0 spiro atoms. The average molecular weight is 362 g/mol. The van der Waals surface area contributed by atoms with Crippen LogP contribution in [-0.2, 0) is 9.53 Å². The van der Waals surface area contributed by atoms with Crippen LogP contribution in [0.25, 0.3) is 0 Å². The molecule has 0 saturated carbocycles. The van der Waals surface area contributed by atoms with Crippen LogP contribution in [0.1, 0.15) is 39.5 Å². The van der Waals surface area contributed by atoms with Crippen molar-refractivity contribution in [3.05, 3.63) is 42.5 Å². The van der Waals surface area contributed by atoms with Crippen molar-refractivity contribution in [3.63, 3.8) is 0 Å². The number of ether oxygens (including phenoxy) is 1. The van der Waals surface area contributed by atoms with Gasteiger partial charge in [-0.3, -0.25) is 4.79 Å². The van der Waals surface area contributed by atoms with Gasteiger partial charge in [-0.1, -0.05) is 44.2 Å². The summed E-state index contributed by atoms with van der Waals surface area (Å²) < 4.78 is 5.46. The maximum atomic E-state index is 12.5. The monoisotopic (exact) mass is 361 g/mol. The van der Waals surface area contributed by atoms with Gasteiger partial charge >= 0.3 is 0 Å². The molecule has 1 aromatic rings. The largest absolute Gasteiger partial charge is 0.382 e. The molecule has 0 radical (unpaired) electrons. The van der Waals surface area contributed by atoms with Crippen LogP contribution >= 0.6 is 0 Å². The number of carbonyl (C=O) groups is 1. The van der Waals surface area contributed by atoms with E-state index in [0.29, 0.717) is 19.6 Å². The fraction of sp³-hybridized carbons (Fsp3) is 0.571. The Balaban J connectivity index is 0.000000487. The molecule has 0 atom stereocenters. The molecule has 1 saturated heterocycles. The molecule has 1 fully saturated rings. The van der Waals surface area contributed by atoms with Gasteiger partial charge < -0.3 is 20.7 Å². The predicted molar refractivity (Wildman–Crippen MR) is 109 cm³/mol. The van der Waals surface area contributed by atoms with E-state index in [1.54, 1.807) is 7.11 Å². The highest BCUT2D eigenvalue weighted by molar-refractivity contribution is 5.94. The minimum Gasteiger partial charge on any atom is -0.382 e. The third-order valence-corrected chi connectivity index (χ3v) is 4.53. The van der Waals surface area contributed by atoms with Crippen molar-refractivity contribution in [3.8, 4) is 0 Å². The lowest BCUT2D eigenvalue weighted by Crippen LogP contribution is -2.59. The first-order valence-electron chi connectivity index (χ1n) is 9.58. The number of amides is 1. The van der Waals surface area contributed by atoms with Crippen LogP contribution in [0, 0.1) is 0 Å². The molecular formula is C21H35N3O2. The van der Waals surface area contributed by atoms with E-state index in [4.69, 9.17) is 10.5 Å². The zero-order valence-electron chi connectivity index (χ0n) is 16.5. The summed E-state index contributed by atoms with van der Waals surface area (Å²) in [6.45, 7) is 7.10. The number of para-hydroxylation sites is 1. The number of benzene rings is 1. The molecule has 1 heterocycles. The lowest BCUT2D eigenvalue weighted by atomic mass is 9.86. The maximum Gasteiger partial charge on any atom is 0.227 e. The summed E-state index contributed by atoms with van der Waals surface area (Å²) in [6.07, 6.45) is 7.45. The Labute approximate surface area is 158 Å². The summed E-state index contributed by atoms with van der Waals surface area (Å²) in [4.78, 5) is 14.5. The standard InChI is InChI=1S/C16H24N2O2.C5H11N/c1-3-15(19)18(14-7-5-4-6-8-14)16(13-20-2)9-11-17-12-10-16;1-2-3-4-5-6/h4-8,17H,3,9-13H2,1-2H3;3-4H,2,5-6H2,1H3/b;4-3-. The van der Waals surface area contributed by atoms with Gasteiger partial charge in [0.15, 0.2) is 0 Å². The molecule has 1 aliphatic heterocycles. The highest BCUT2D eigenvalue weighted by Gasteiger charge is 2.41. The van der Waals surface area contributed by atoms with E-state index in [0.717, 1.165) is 38.0 Å². The van der Waals surface area contributed by atoms with Crippen molar-refractivity contribution in [1.29, 1.82) is 0 Å². The molecule has 5 nitrogen and oxygen atoms in total. The van der Waals surface area contributed by atoms with Gasteiger partial charge in [-0.2, -0.15) is 0 Å². The quantitative estimate of drug-likeness (QED) is 0.732. The van der Waals surface area contributed by atoms with Crippen molar-refractivity contribution in [2.45, 2.75) is 45.1 Å². The first-order chi connectivity index (χ1) is 12.6. The number of hydrogen-bond donors (Lipinski definition) is 2.